The van der Waals surface area contributed by atoms with Crippen LogP contribution >= 0.6 is 0 Å². The van der Waals surface area contributed by atoms with Crippen molar-refractivity contribution >= 4 is 5.91 Å². The summed E-state index contributed by atoms with van der Waals surface area (Å²) in [6, 6.07) is 0.527. The van der Waals surface area contributed by atoms with Crippen LogP contribution in [0.5, 0.6) is 0 Å². The van der Waals surface area contributed by atoms with Gasteiger partial charge in [-0.25, -0.2) is 0 Å². The second kappa shape index (κ2) is 4.74. The highest BCUT2D eigenvalue weighted by Gasteiger charge is 2.38. The lowest BCUT2D eigenvalue weighted by molar-refractivity contribution is -0.139. The molecule has 1 unspecified atom stereocenters. The Balaban J connectivity index is 1.88. The highest BCUT2D eigenvalue weighted by atomic mass is 16.2. The van der Waals surface area contributed by atoms with Crippen molar-refractivity contribution in [2.75, 3.05) is 20.1 Å². The zero-order chi connectivity index (χ0) is 11.6. The third-order valence-electron chi connectivity index (χ3n) is 4.23. The number of hydrogen-bond donors (Lipinski definition) is 1. The second-order valence-electron chi connectivity index (χ2n) is 5.75. The zero-order valence-electron chi connectivity index (χ0n) is 10.6. The quantitative estimate of drug-likeness (QED) is 0.792. The van der Waals surface area contributed by atoms with Gasteiger partial charge in [0.15, 0.2) is 0 Å². The van der Waals surface area contributed by atoms with E-state index in [1.54, 1.807) is 0 Å². The number of rotatable bonds is 3. The van der Waals surface area contributed by atoms with Gasteiger partial charge in [-0.05, 0) is 32.2 Å². The molecule has 3 heteroatoms. The van der Waals surface area contributed by atoms with Crippen molar-refractivity contribution in [3.63, 3.8) is 0 Å². The summed E-state index contributed by atoms with van der Waals surface area (Å²) in [6.07, 6.45) is 7.07. The number of likely N-dealkylation sites (N-methyl/N-ethyl adjacent to an activating group) is 1. The Morgan fingerprint density at radius 2 is 2.06 bits per heavy atom. The largest absolute Gasteiger partial charge is 0.344 e. The third kappa shape index (κ3) is 2.40. The van der Waals surface area contributed by atoms with Gasteiger partial charge in [-0.1, -0.05) is 19.8 Å². The fraction of sp³-hybridized carbons (Fsp3) is 0.923. The molecule has 1 heterocycles. The van der Waals surface area contributed by atoms with Crippen molar-refractivity contribution in [2.45, 2.75) is 51.5 Å². The Bertz CT molecular complexity index is 253. The number of nitrogens with one attached hydrogen (secondary N) is 1. The summed E-state index contributed by atoms with van der Waals surface area (Å²) in [5, 5.41) is 3.45. The van der Waals surface area contributed by atoms with Gasteiger partial charge in [0.2, 0.25) is 5.91 Å². The molecular formula is C13H24N2O. The minimum atomic E-state index is -0.0621. The Kier molecular flexibility index (Phi) is 3.53. The van der Waals surface area contributed by atoms with Gasteiger partial charge in [-0.15, -0.1) is 0 Å². The third-order valence-corrected chi connectivity index (χ3v) is 4.23. The first-order chi connectivity index (χ1) is 7.62. The second-order valence-corrected chi connectivity index (χ2v) is 5.75. The molecule has 1 N–H and O–H groups in total. The van der Waals surface area contributed by atoms with Crippen molar-refractivity contribution in [1.82, 2.24) is 10.2 Å². The number of carbonyl (C=O) groups excluding carboxylic acids is 1. The van der Waals surface area contributed by atoms with Gasteiger partial charge in [0.1, 0.15) is 0 Å². The molecule has 0 aromatic carbocycles. The molecule has 2 rings (SSSR count). The van der Waals surface area contributed by atoms with Gasteiger partial charge < -0.3 is 10.2 Å². The SMILES string of the molecule is CN(CC1CCCN1)C(=O)C1(C)CCCC1. The number of carbonyl (C=O) groups is 1. The first kappa shape index (κ1) is 11.9. The Labute approximate surface area is 98.6 Å². The Hall–Kier alpha value is -0.570. The zero-order valence-corrected chi connectivity index (χ0v) is 10.6. The van der Waals surface area contributed by atoms with E-state index in [-0.39, 0.29) is 5.41 Å². The molecular weight excluding hydrogens is 200 g/mol. The van der Waals surface area contributed by atoms with Gasteiger partial charge >= 0.3 is 0 Å². The molecule has 2 aliphatic rings. The van der Waals surface area contributed by atoms with E-state index in [1.165, 1.54) is 25.7 Å². The highest BCUT2D eigenvalue weighted by Crippen LogP contribution is 2.38. The predicted molar refractivity (Wildman–Crippen MR) is 65.2 cm³/mol. The molecule has 3 nitrogen and oxygen atoms in total. The van der Waals surface area contributed by atoms with Crippen LogP contribution in [0.3, 0.4) is 0 Å². The van der Waals surface area contributed by atoms with Crippen LogP contribution < -0.4 is 5.32 Å². The molecule has 0 bridgehead atoms. The van der Waals surface area contributed by atoms with E-state index >= 15 is 0 Å². The molecule has 16 heavy (non-hydrogen) atoms. The lowest BCUT2D eigenvalue weighted by Gasteiger charge is -2.30. The lowest BCUT2D eigenvalue weighted by atomic mass is 9.87. The molecule has 1 saturated heterocycles. The Morgan fingerprint density at radius 1 is 1.38 bits per heavy atom. The van der Waals surface area contributed by atoms with Crippen LogP contribution in [0.2, 0.25) is 0 Å². The molecule has 1 amide bonds. The summed E-state index contributed by atoms with van der Waals surface area (Å²) in [4.78, 5) is 14.3. The molecule has 2 fully saturated rings. The summed E-state index contributed by atoms with van der Waals surface area (Å²) in [7, 11) is 1.96. The summed E-state index contributed by atoms with van der Waals surface area (Å²) in [5.74, 6) is 0.360. The fourth-order valence-corrected chi connectivity index (χ4v) is 3.16. The maximum atomic E-state index is 12.4. The monoisotopic (exact) mass is 224 g/mol. The van der Waals surface area contributed by atoms with Crippen LogP contribution in [0.25, 0.3) is 0 Å². The van der Waals surface area contributed by atoms with Gasteiger partial charge in [0.05, 0.1) is 0 Å². The van der Waals surface area contributed by atoms with E-state index in [0.717, 1.165) is 25.9 Å². The maximum Gasteiger partial charge on any atom is 0.228 e. The van der Waals surface area contributed by atoms with Crippen LogP contribution in [0.4, 0.5) is 0 Å². The molecule has 0 aromatic heterocycles. The molecule has 1 aliphatic carbocycles. The fourth-order valence-electron chi connectivity index (χ4n) is 3.16. The molecule has 92 valence electrons. The lowest BCUT2D eigenvalue weighted by Crippen LogP contribution is -2.44. The summed E-state index contributed by atoms with van der Waals surface area (Å²) < 4.78 is 0. The van der Waals surface area contributed by atoms with E-state index in [2.05, 4.69) is 12.2 Å². The van der Waals surface area contributed by atoms with Crippen molar-refractivity contribution in [3.8, 4) is 0 Å². The van der Waals surface area contributed by atoms with Crippen molar-refractivity contribution in [1.29, 1.82) is 0 Å². The van der Waals surface area contributed by atoms with Crippen LogP contribution in [0.1, 0.15) is 45.4 Å². The molecule has 1 saturated carbocycles. The van der Waals surface area contributed by atoms with Crippen LogP contribution in [0.15, 0.2) is 0 Å². The first-order valence-electron chi connectivity index (χ1n) is 6.61. The van der Waals surface area contributed by atoms with Crippen LogP contribution in [-0.2, 0) is 4.79 Å². The summed E-state index contributed by atoms with van der Waals surface area (Å²) in [5.41, 5.74) is -0.0621. The van der Waals surface area contributed by atoms with Gasteiger partial charge in [0.25, 0.3) is 0 Å². The predicted octanol–water partition coefficient (Wildman–Crippen LogP) is 1.78. The van der Waals surface area contributed by atoms with Gasteiger partial charge in [0, 0.05) is 25.0 Å². The number of hydrogen-bond acceptors (Lipinski definition) is 2. The average molecular weight is 224 g/mol. The van der Waals surface area contributed by atoms with E-state index in [9.17, 15) is 4.79 Å². The van der Waals surface area contributed by atoms with E-state index < -0.39 is 0 Å². The molecule has 0 radical (unpaired) electrons. The molecule has 0 spiro atoms. The maximum absolute atomic E-state index is 12.4. The topological polar surface area (TPSA) is 32.3 Å². The van der Waals surface area contributed by atoms with Gasteiger partial charge in [-0.3, -0.25) is 4.79 Å². The van der Waals surface area contributed by atoms with E-state index in [1.807, 2.05) is 11.9 Å². The van der Waals surface area contributed by atoms with Crippen molar-refractivity contribution < 1.29 is 4.79 Å². The molecule has 1 atom stereocenters. The smallest absolute Gasteiger partial charge is 0.228 e. The Morgan fingerprint density at radius 3 is 2.62 bits per heavy atom. The first-order valence-corrected chi connectivity index (χ1v) is 6.61. The van der Waals surface area contributed by atoms with Crippen molar-refractivity contribution in [3.05, 3.63) is 0 Å². The normalized spacial score (nSPS) is 28.2. The molecule has 1 aliphatic heterocycles. The summed E-state index contributed by atoms with van der Waals surface area (Å²) in [6.45, 7) is 4.14. The average Bonchev–Trinajstić information content (AvgIpc) is 2.89. The minimum Gasteiger partial charge on any atom is -0.344 e. The minimum absolute atomic E-state index is 0.0621. The standard InChI is InChI=1S/C13H24N2O/c1-13(7-3-4-8-13)12(16)15(2)10-11-6-5-9-14-11/h11,14H,3-10H2,1-2H3. The number of nitrogens with zero attached hydrogens (tertiary/aromatic N) is 1. The van der Waals surface area contributed by atoms with Crippen LogP contribution in [-0.4, -0.2) is 37.0 Å². The van der Waals surface area contributed by atoms with Gasteiger partial charge in [-0.2, -0.15) is 0 Å². The van der Waals surface area contributed by atoms with Crippen LogP contribution in [0, 0.1) is 5.41 Å². The highest BCUT2D eigenvalue weighted by molar-refractivity contribution is 5.82. The molecule has 0 aromatic rings. The van der Waals surface area contributed by atoms with Crippen molar-refractivity contribution in [2.24, 2.45) is 5.41 Å². The van der Waals surface area contributed by atoms with E-state index in [4.69, 9.17) is 0 Å². The summed E-state index contributed by atoms with van der Waals surface area (Å²) >= 11 is 0. The van der Waals surface area contributed by atoms with E-state index in [0.29, 0.717) is 11.9 Å². The number of amides is 1.